The van der Waals surface area contributed by atoms with Crippen molar-refractivity contribution in [3.05, 3.63) is 93.6 Å². The molecule has 26 heavy (non-hydrogen) atoms. The molecule has 2 aromatic carbocycles. The van der Waals surface area contributed by atoms with Gasteiger partial charge in [-0.2, -0.15) is 0 Å². The SMILES string of the molecule is Cc1ccc(N2C(=O)/C(=C\c3cccs3)N=C2c2ccccc2F)cc1. The summed E-state index contributed by atoms with van der Waals surface area (Å²) in [6.07, 6.45) is 1.74. The van der Waals surface area contributed by atoms with Gasteiger partial charge in [0.05, 0.1) is 11.3 Å². The third-order valence-electron chi connectivity index (χ3n) is 4.09. The number of anilines is 1. The molecule has 1 aliphatic heterocycles. The van der Waals surface area contributed by atoms with Crippen molar-refractivity contribution in [1.29, 1.82) is 0 Å². The molecule has 1 aromatic heterocycles. The highest BCUT2D eigenvalue weighted by Crippen LogP contribution is 2.29. The molecular formula is C21H15FN2OS. The summed E-state index contributed by atoms with van der Waals surface area (Å²) in [5.74, 6) is -0.367. The lowest BCUT2D eigenvalue weighted by molar-refractivity contribution is -0.113. The van der Waals surface area contributed by atoms with Crippen LogP contribution in [0.2, 0.25) is 0 Å². The molecule has 4 rings (SSSR count). The molecule has 0 unspecified atom stereocenters. The average Bonchev–Trinajstić information content (AvgIpc) is 3.26. The Bertz CT molecular complexity index is 1020. The predicted octanol–water partition coefficient (Wildman–Crippen LogP) is 5.03. The Balaban J connectivity index is 1.86. The standard InChI is InChI=1S/C21H15FN2OS/c1-14-8-10-15(11-9-14)24-20(17-6-2-3-7-18(17)22)23-19(21(24)25)13-16-5-4-12-26-16/h2-13H,1H3/b19-13+. The molecular weight excluding hydrogens is 347 g/mol. The number of benzene rings is 2. The summed E-state index contributed by atoms with van der Waals surface area (Å²) in [6.45, 7) is 1.98. The van der Waals surface area contributed by atoms with Gasteiger partial charge in [-0.25, -0.2) is 9.38 Å². The molecule has 0 radical (unpaired) electrons. The van der Waals surface area contributed by atoms with Crippen LogP contribution in [0, 0.1) is 12.7 Å². The smallest absolute Gasteiger partial charge is 0.266 e. The Labute approximate surface area is 154 Å². The lowest BCUT2D eigenvalue weighted by Crippen LogP contribution is -2.33. The summed E-state index contributed by atoms with van der Waals surface area (Å²) in [5, 5.41) is 1.94. The third-order valence-corrected chi connectivity index (χ3v) is 4.91. The van der Waals surface area contributed by atoms with Gasteiger partial charge in [0, 0.05) is 4.88 Å². The van der Waals surface area contributed by atoms with Gasteiger partial charge in [0.25, 0.3) is 5.91 Å². The number of aliphatic imine (C=N–C) groups is 1. The minimum Gasteiger partial charge on any atom is -0.266 e. The number of rotatable bonds is 3. The van der Waals surface area contributed by atoms with Crippen molar-refractivity contribution in [2.75, 3.05) is 4.90 Å². The molecule has 1 amide bonds. The number of hydrogen-bond donors (Lipinski definition) is 0. The van der Waals surface area contributed by atoms with E-state index in [0.29, 0.717) is 22.8 Å². The number of carbonyl (C=O) groups excluding carboxylic acids is 1. The van der Waals surface area contributed by atoms with Gasteiger partial charge in [0.1, 0.15) is 11.5 Å². The van der Waals surface area contributed by atoms with Crippen LogP contribution in [0.1, 0.15) is 16.0 Å². The lowest BCUT2D eigenvalue weighted by Gasteiger charge is -2.19. The van der Waals surface area contributed by atoms with Crippen LogP contribution in [0.4, 0.5) is 10.1 Å². The first-order valence-corrected chi connectivity index (χ1v) is 9.01. The monoisotopic (exact) mass is 362 g/mol. The second kappa shape index (κ2) is 6.69. The molecule has 0 spiro atoms. The Morgan fingerprint density at radius 1 is 1.04 bits per heavy atom. The second-order valence-corrected chi connectivity index (χ2v) is 6.92. The van der Waals surface area contributed by atoms with Gasteiger partial charge in [-0.3, -0.25) is 9.69 Å². The minimum atomic E-state index is -0.409. The molecule has 5 heteroatoms. The van der Waals surface area contributed by atoms with E-state index in [1.165, 1.54) is 22.3 Å². The van der Waals surface area contributed by atoms with Crippen LogP contribution in [-0.2, 0) is 4.79 Å². The summed E-state index contributed by atoms with van der Waals surface area (Å²) in [7, 11) is 0. The van der Waals surface area contributed by atoms with Crippen LogP contribution in [0.3, 0.4) is 0 Å². The third kappa shape index (κ3) is 2.97. The largest absolute Gasteiger partial charge is 0.282 e. The zero-order valence-corrected chi connectivity index (χ0v) is 14.8. The normalized spacial score (nSPS) is 15.6. The van der Waals surface area contributed by atoms with Crippen LogP contribution in [-0.4, -0.2) is 11.7 Å². The van der Waals surface area contributed by atoms with E-state index >= 15 is 0 Å². The predicted molar refractivity (Wildman–Crippen MR) is 104 cm³/mol. The van der Waals surface area contributed by atoms with Crippen LogP contribution < -0.4 is 4.90 Å². The van der Waals surface area contributed by atoms with Gasteiger partial charge < -0.3 is 0 Å². The maximum atomic E-state index is 14.4. The molecule has 1 aliphatic rings. The Hall–Kier alpha value is -3.05. The fourth-order valence-corrected chi connectivity index (χ4v) is 3.43. The van der Waals surface area contributed by atoms with Crippen molar-refractivity contribution in [3.63, 3.8) is 0 Å². The van der Waals surface area contributed by atoms with Gasteiger partial charge >= 0.3 is 0 Å². The van der Waals surface area contributed by atoms with Crippen molar-refractivity contribution in [3.8, 4) is 0 Å². The molecule has 0 N–H and O–H groups in total. The van der Waals surface area contributed by atoms with Crippen LogP contribution in [0.15, 0.2) is 76.7 Å². The van der Waals surface area contributed by atoms with Crippen LogP contribution in [0.25, 0.3) is 6.08 Å². The number of hydrogen-bond acceptors (Lipinski definition) is 3. The van der Waals surface area contributed by atoms with E-state index < -0.39 is 5.82 Å². The molecule has 0 bridgehead atoms. The molecule has 0 saturated heterocycles. The number of halogens is 1. The molecule has 0 fully saturated rings. The fraction of sp³-hybridized carbons (Fsp3) is 0.0476. The van der Waals surface area contributed by atoms with E-state index in [1.54, 1.807) is 24.3 Å². The lowest BCUT2D eigenvalue weighted by atomic mass is 10.1. The summed E-state index contributed by atoms with van der Waals surface area (Å²) in [6, 6.07) is 17.7. The van der Waals surface area contributed by atoms with Crippen LogP contribution in [0.5, 0.6) is 0 Å². The number of carbonyl (C=O) groups is 1. The quantitative estimate of drug-likeness (QED) is 0.602. The van der Waals surface area contributed by atoms with Crippen molar-refractivity contribution in [2.24, 2.45) is 4.99 Å². The van der Waals surface area contributed by atoms with Gasteiger partial charge in [-0.05, 0) is 48.7 Å². The summed E-state index contributed by atoms with van der Waals surface area (Å²) >= 11 is 1.52. The van der Waals surface area contributed by atoms with E-state index in [9.17, 15) is 9.18 Å². The Morgan fingerprint density at radius 2 is 1.81 bits per heavy atom. The molecule has 3 aromatic rings. The van der Waals surface area contributed by atoms with Gasteiger partial charge in [0.2, 0.25) is 0 Å². The maximum Gasteiger partial charge on any atom is 0.282 e. The first-order chi connectivity index (χ1) is 12.6. The summed E-state index contributed by atoms with van der Waals surface area (Å²) in [5.41, 5.74) is 2.35. The average molecular weight is 362 g/mol. The molecule has 128 valence electrons. The van der Waals surface area contributed by atoms with Gasteiger partial charge in [-0.1, -0.05) is 35.9 Å². The number of amides is 1. The Morgan fingerprint density at radius 3 is 2.50 bits per heavy atom. The fourth-order valence-electron chi connectivity index (χ4n) is 2.78. The molecule has 0 aliphatic carbocycles. The van der Waals surface area contributed by atoms with E-state index in [1.807, 2.05) is 48.7 Å². The van der Waals surface area contributed by atoms with Crippen molar-refractivity contribution < 1.29 is 9.18 Å². The number of amidine groups is 1. The van der Waals surface area contributed by atoms with E-state index in [-0.39, 0.29) is 5.91 Å². The molecule has 2 heterocycles. The van der Waals surface area contributed by atoms with E-state index in [2.05, 4.69) is 4.99 Å². The molecule has 0 atom stereocenters. The molecule has 0 saturated carbocycles. The Kier molecular flexibility index (Phi) is 4.22. The van der Waals surface area contributed by atoms with Crippen molar-refractivity contribution in [1.82, 2.24) is 0 Å². The first-order valence-electron chi connectivity index (χ1n) is 8.13. The van der Waals surface area contributed by atoms with Gasteiger partial charge in [-0.15, -0.1) is 11.3 Å². The van der Waals surface area contributed by atoms with Crippen molar-refractivity contribution in [2.45, 2.75) is 6.92 Å². The second-order valence-electron chi connectivity index (χ2n) is 5.94. The van der Waals surface area contributed by atoms with Crippen molar-refractivity contribution >= 4 is 34.8 Å². The number of nitrogens with zero attached hydrogens (tertiary/aromatic N) is 2. The minimum absolute atomic E-state index is 0.263. The van der Waals surface area contributed by atoms with E-state index in [4.69, 9.17) is 0 Å². The van der Waals surface area contributed by atoms with Gasteiger partial charge in [0.15, 0.2) is 5.84 Å². The topological polar surface area (TPSA) is 32.7 Å². The van der Waals surface area contributed by atoms with Crippen LogP contribution >= 0.6 is 11.3 Å². The summed E-state index contributed by atoms with van der Waals surface area (Å²) < 4.78 is 14.4. The van der Waals surface area contributed by atoms with E-state index in [0.717, 1.165) is 10.4 Å². The highest BCUT2D eigenvalue weighted by molar-refractivity contribution is 7.10. The number of aryl methyl sites for hydroxylation is 1. The zero-order valence-electron chi connectivity index (χ0n) is 14.0. The highest BCUT2D eigenvalue weighted by Gasteiger charge is 2.33. The molecule has 3 nitrogen and oxygen atoms in total. The highest BCUT2D eigenvalue weighted by atomic mass is 32.1. The maximum absolute atomic E-state index is 14.4. The zero-order chi connectivity index (χ0) is 18.1. The summed E-state index contributed by atoms with van der Waals surface area (Å²) in [4.78, 5) is 19.9. The number of thiophene rings is 1. The first kappa shape index (κ1) is 16.4.